The van der Waals surface area contributed by atoms with E-state index in [0.29, 0.717) is 19.3 Å². The second-order valence-corrected chi connectivity index (χ2v) is 21.3. The summed E-state index contributed by atoms with van der Waals surface area (Å²) >= 11 is 0. The lowest BCUT2D eigenvalue weighted by Crippen LogP contribution is -2.30. The molecule has 0 saturated heterocycles. The van der Waals surface area contributed by atoms with E-state index in [1.807, 2.05) is 0 Å². The molecule has 0 saturated carbocycles. The molecule has 0 heterocycles. The molecule has 0 radical (unpaired) electrons. The number of hydrogen-bond donors (Lipinski definition) is 0. The molecule has 1 atom stereocenters. The van der Waals surface area contributed by atoms with Gasteiger partial charge in [0.05, 0.1) is 0 Å². The summed E-state index contributed by atoms with van der Waals surface area (Å²) in [7, 11) is 0. The van der Waals surface area contributed by atoms with E-state index in [4.69, 9.17) is 14.2 Å². The summed E-state index contributed by atoms with van der Waals surface area (Å²) in [4.78, 5) is 38.3. The lowest BCUT2D eigenvalue weighted by atomic mass is 10.1. The highest BCUT2D eigenvalue weighted by Gasteiger charge is 2.19. The topological polar surface area (TPSA) is 78.9 Å². The Morgan fingerprint density at radius 3 is 0.825 bits per heavy atom. The van der Waals surface area contributed by atoms with Crippen molar-refractivity contribution < 1.29 is 28.6 Å². The molecule has 1 unspecified atom stereocenters. The maximum absolute atomic E-state index is 12.9. The summed E-state index contributed by atoms with van der Waals surface area (Å²) in [5.41, 5.74) is 0. The molecule has 6 nitrogen and oxygen atoms in total. The number of rotatable bonds is 58. The number of hydrogen-bond acceptors (Lipinski definition) is 6. The van der Waals surface area contributed by atoms with E-state index < -0.39 is 6.10 Å². The van der Waals surface area contributed by atoms with Gasteiger partial charge in [0.15, 0.2) is 6.10 Å². The fourth-order valence-corrected chi connectivity index (χ4v) is 8.64. The first-order valence-electron chi connectivity index (χ1n) is 32.8. The van der Waals surface area contributed by atoms with Crippen LogP contribution in [0.25, 0.3) is 0 Å². The maximum Gasteiger partial charge on any atom is 0.306 e. The average molecular weight is 1110 g/mol. The van der Waals surface area contributed by atoms with E-state index in [-0.39, 0.29) is 31.1 Å². The first-order valence-corrected chi connectivity index (χ1v) is 32.8. The third kappa shape index (κ3) is 64.1. The second kappa shape index (κ2) is 66.8. The average Bonchev–Trinajstić information content (AvgIpc) is 3.46. The van der Waals surface area contributed by atoms with Crippen molar-refractivity contribution in [3.63, 3.8) is 0 Å². The minimum Gasteiger partial charge on any atom is -0.462 e. The van der Waals surface area contributed by atoms with E-state index in [1.165, 1.54) is 64.2 Å². The van der Waals surface area contributed by atoms with Gasteiger partial charge in [0.1, 0.15) is 13.2 Å². The molecule has 0 aromatic carbocycles. The summed E-state index contributed by atoms with van der Waals surface area (Å²) in [6.45, 7) is 6.43. The SMILES string of the molecule is CC/C=C\C/C=C\C/C=C\C/C=C\C/C=C\C/C=C\C/C=C\C/C=C\C/C=C\CCCCCCCC(=O)OCC(COC(=O)CCCCCCC/C=C\C/C=C\CCC)OC(=O)CCCCCCC/C=C\CCCCCCCCC. The standard InChI is InChI=1S/C74H120O6/c1-4-7-10-13-16-19-22-25-27-29-30-31-32-33-34-35-36-37-38-39-40-41-42-43-44-45-47-49-52-55-58-61-64-67-73(76)79-70-71(69-78-72(75)66-63-60-57-54-51-48-24-21-18-15-12-9-6-3)80-74(77)68-65-62-59-56-53-50-46-28-26-23-20-17-14-11-8-5-2/h7,10,12,15-16,19,21,24-25,27-28,30-31,33-34,36-37,39-40,42-43,45-47,71H,4-6,8-9,11,13-14,17-18,20,22-23,26,29,32,35,38,41,44,48-70H2,1-3H3/b10-7-,15-12-,19-16-,24-21-,27-25-,31-30-,34-33-,37-36-,40-39-,43-42-,46-28-,47-45-. The zero-order valence-electron chi connectivity index (χ0n) is 51.8. The van der Waals surface area contributed by atoms with Crippen molar-refractivity contribution in [1.82, 2.24) is 0 Å². The molecule has 0 bridgehead atoms. The normalized spacial score (nSPS) is 13.1. The molecule has 0 aliphatic heterocycles. The van der Waals surface area contributed by atoms with E-state index in [1.54, 1.807) is 0 Å². The number of carbonyl (C=O) groups is 3. The summed E-state index contributed by atoms with van der Waals surface area (Å²) in [5.74, 6) is -0.939. The van der Waals surface area contributed by atoms with Gasteiger partial charge in [-0.15, -0.1) is 0 Å². The summed E-state index contributed by atoms with van der Waals surface area (Å²) in [5, 5.41) is 0. The Morgan fingerprint density at radius 1 is 0.263 bits per heavy atom. The maximum atomic E-state index is 12.9. The lowest BCUT2D eigenvalue weighted by molar-refractivity contribution is -0.167. The monoisotopic (exact) mass is 1100 g/mol. The van der Waals surface area contributed by atoms with Crippen LogP contribution in [0, 0.1) is 0 Å². The highest BCUT2D eigenvalue weighted by Crippen LogP contribution is 2.14. The van der Waals surface area contributed by atoms with Gasteiger partial charge in [-0.1, -0.05) is 269 Å². The van der Waals surface area contributed by atoms with Gasteiger partial charge in [-0.25, -0.2) is 0 Å². The minimum absolute atomic E-state index is 0.0985. The van der Waals surface area contributed by atoms with Crippen molar-refractivity contribution in [3.8, 4) is 0 Å². The van der Waals surface area contributed by atoms with Gasteiger partial charge in [0.2, 0.25) is 0 Å². The lowest BCUT2D eigenvalue weighted by Gasteiger charge is -2.18. The van der Waals surface area contributed by atoms with E-state index in [9.17, 15) is 14.4 Å². The molecule has 0 aromatic rings. The zero-order valence-corrected chi connectivity index (χ0v) is 51.8. The van der Waals surface area contributed by atoms with Gasteiger partial charge in [-0.05, 0) is 141 Å². The quantitative estimate of drug-likeness (QED) is 0.0261. The molecular weight excluding hydrogens is 985 g/mol. The molecule has 0 aliphatic rings. The number of carbonyl (C=O) groups excluding carboxylic acids is 3. The van der Waals surface area contributed by atoms with Gasteiger partial charge in [0.25, 0.3) is 0 Å². The molecule has 80 heavy (non-hydrogen) atoms. The largest absolute Gasteiger partial charge is 0.462 e. The van der Waals surface area contributed by atoms with Crippen LogP contribution >= 0.6 is 0 Å². The first-order chi connectivity index (χ1) is 39.5. The Bertz CT molecular complexity index is 1750. The number of allylic oxidation sites excluding steroid dienone is 24. The Morgan fingerprint density at radius 2 is 0.512 bits per heavy atom. The van der Waals surface area contributed by atoms with Crippen molar-refractivity contribution in [2.45, 2.75) is 290 Å². The van der Waals surface area contributed by atoms with Crippen LogP contribution in [0.4, 0.5) is 0 Å². The molecule has 0 rings (SSSR count). The minimum atomic E-state index is -0.802. The molecule has 0 amide bonds. The molecule has 0 N–H and O–H groups in total. The molecule has 6 heteroatoms. The third-order valence-corrected chi connectivity index (χ3v) is 13.5. The van der Waals surface area contributed by atoms with Crippen LogP contribution in [0.3, 0.4) is 0 Å². The van der Waals surface area contributed by atoms with E-state index in [0.717, 1.165) is 180 Å². The Kier molecular flexibility index (Phi) is 62.9. The Hall–Kier alpha value is -4.71. The highest BCUT2D eigenvalue weighted by atomic mass is 16.6. The first kappa shape index (κ1) is 75.3. The highest BCUT2D eigenvalue weighted by molar-refractivity contribution is 5.71. The van der Waals surface area contributed by atoms with Crippen molar-refractivity contribution >= 4 is 17.9 Å². The van der Waals surface area contributed by atoms with Crippen LogP contribution in [-0.4, -0.2) is 37.2 Å². The summed E-state index contributed by atoms with van der Waals surface area (Å²) < 4.78 is 16.9. The fraction of sp³-hybridized carbons (Fsp3) is 0.635. The van der Waals surface area contributed by atoms with Crippen LogP contribution in [0.1, 0.15) is 284 Å². The van der Waals surface area contributed by atoms with Crippen LogP contribution in [0.2, 0.25) is 0 Å². The molecular formula is C74H120O6. The molecule has 0 spiro atoms. The van der Waals surface area contributed by atoms with Crippen molar-refractivity contribution in [2.24, 2.45) is 0 Å². The van der Waals surface area contributed by atoms with Crippen molar-refractivity contribution in [3.05, 3.63) is 146 Å². The molecule has 452 valence electrons. The third-order valence-electron chi connectivity index (χ3n) is 13.5. The second-order valence-electron chi connectivity index (χ2n) is 21.3. The molecule has 0 aromatic heterocycles. The molecule has 0 aliphatic carbocycles. The summed E-state index contributed by atoms with van der Waals surface area (Å²) in [6.07, 6.45) is 95.7. The smallest absolute Gasteiger partial charge is 0.306 e. The van der Waals surface area contributed by atoms with Crippen molar-refractivity contribution in [1.29, 1.82) is 0 Å². The van der Waals surface area contributed by atoms with Crippen molar-refractivity contribution in [2.75, 3.05) is 13.2 Å². The Balaban J connectivity index is 4.34. The van der Waals surface area contributed by atoms with Gasteiger partial charge in [0, 0.05) is 19.3 Å². The van der Waals surface area contributed by atoms with Crippen LogP contribution in [0.5, 0.6) is 0 Å². The van der Waals surface area contributed by atoms with Gasteiger partial charge >= 0.3 is 17.9 Å². The van der Waals surface area contributed by atoms with E-state index >= 15 is 0 Å². The summed E-state index contributed by atoms with van der Waals surface area (Å²) in [6, 6.07) is 0. The number of unbranched alkanes of at least 4 members (excludes halogenated alkanes) is 23. The number of esters is 3. The van der Waals surface area contributed by atoms with Crippen LogP contribution in [-0.2, 0) is 28.6 Å². The zero-order chi connectivity index (χ0) is 57.8. The van der Waals surface area contributed by atoms with Gasteiger partial charge < -0.3 is 14.2 Å². The number of ether oxygens (including phenoxy) is 3. The van der Waals surface area contributed by atoms with Crippen LogP contribution < -0.4 is 0 Å². The van der Waals surface area contributed by atoms with Crippen LogP contribution in [0.15, 0.2) is 146 Å². The Labute approximate surface area is 493 Å². The molecule has 0 fully saturated rings. The van der Waals surface area contributed by atoms with E-state index in [2.05, 4.69) is 167 Å². The predicted octanol–water partition coefficient (Wildman–Crippen LogP) is 22.7. The predicted molar refractivity (Wildman–Crippen MR) is 348 cm³/mol. The van der Waals surface area contributed by atoms with Gasteiger partial charge in [-0.2, -0.15) is 0 Å². The fourth-order valence-electron chi connectivity index (χ4n) is 8.64. The van der Waals surface area contributed by atoms with Gasteiger partial charge in [-0.3, -0.25) is 14.4 Å².